The van der Waals surface area contributed by atoms with E-state index in [1.54, 1.807) is 6.92 Å². The molecule has 0 saturated heterocycles. The fourth-order valence-corrected chi connectivity index (χ4v) is 2.26. The second-order valence-electron chi connectivity index (χ2n) is 5.65. The van der Waals surface area contributed by atoms with Gasteiger partial charge >= 0.3 is 12.4 Å². The lowest BCUT2D eigenvalue weighted by Crippen LogP contribution is -2.06. The topological polar surface area (TPSA) is 52.8 Å². The molecule has 28 heavy (non-hydrogen) atoms. The molecule has 5 nitrogen and oxygen atoms in total. The molecule has 0 spiro atoms. The summed E-state index contributed by atoms with van der Waals surface area (Å²) in [5.41, 5.74) is -1.56. The summed E-state index contributed by atoms with van der Waals surface area (Å²) in [5, 5.41) is 0. The molecule has 0 N–H and O–H groups in total. The molecule has 2 heterocycles. The molecule has 0 fully saturated rings. The number of benzene rings is 1. The molecule has 1 aromatic carbocycles. The highest BCUT2D eigenvalue weighted by Crippen LogP contribution is 2.33. The van der Waals surface area contributed by atoms with Crippen LogP contribution in [0.1, 0.15) is 23.7 Å². The first-order chi connectivity index (χ1) is 13.1. The van der Waals surface area contributed by atoms with Crippen LogP contribution in [0.5, 0.6) is 11.6 Å². The molecule has 0 bridgehead atoms. The number of nitrogens with zero attached hydrogens (tertiary/aromatic N) is 4. The maximum Gasteiger partial charge on any atom is 0.434 e. The molecule has 3 rings (SSSR count). The third-order valence-corrected chi connectivity index (χ3v) is 3.67. The van der Waals surface area contributed by atoms with Crippen LogP contribution < -0.4 is 4.74 Å². The van der Waals surface area contributed by atoms with Crippen LogP contribution in [0.4, 0.5) is 26.3 Å². The van der Waals surface area contributed by atoms with Gasteiger partial charge in [0, 0.05) is 18.0 Å². The van der Waals surface area contributed by atoms with Crippen molar-refractivity contribution in [3.8, 4) is 17.6 Å². The van der Waals surface area contributed by atoms with Gasteiger partial charge in [-0.05, 0) is 24.6 Å². The van der Waals surface area contributed by atoms with Gasteiger partial charge < -0.3 is 4.74 Å². The maximum atomic E-state index is 12.9. The van der Waals surface area contributed by atoms with Crippen LogP contribution in [-0.2, 0) is 18.8 Å². The van der Waals surface area contributed by atoms with E-state index in [1.165, 1.54) is 18.3 Å². The minimum atomic E-state index is -4.63. The summed E-state index contributed by atoms with van der Waals surface area (Å²) < 4.78 is 83.1. The molecule has 148 valence electrons. The highest BCUT2D eigenvalue weighted by molar-refractivity contribution is 5.36. The lowest BCUT2D eigenvalue weighted by molar-refractivity contribution is -0.141. The van der Waals surface area contributed by atoms with Crippen LogP contribution >= 0.6 is 0 Å². The van der Waals surface area contributed by atoms with Gasteiger partial charge in [-0.1, -0.05) is 13.0 Å². The smallest absolute Gasteiger partial charge is 0.434 e. The highest BCUT2D eigenvalue weighted by atomic mass is 19.4. The molecule has 11 heteroatoms. The summed E-state index contributed by atoms with van der Waals surface area (Å²) in [6, 6.07) is 4.19. The van der Waals surface area contributed by atoms with Gasteiger partial charge in [-0.3, -0.25) is 4.57 Å². The predicted octanol–water partition coefficient (Wildman–Crippen LogP) is 5.05. The number of hydrogen-bond donors (Lipinski definition) is 0. The molecule has 0 radical (unpaired) electrons. The van der Waals surface area contributed by atoms with Crippen molar-refractivity contribution < 1.29 is 31.1 Å². The lowest BCUT2D eigenvalue weighted by atomic mass is 10.2. The van der Waals surface area contributed by atoms with Crippen molar-refractivity contribution in [2.24, 2.45) is 0 Å². The van der Waals surface area contributed by atoms with Gasteiger partial charge in [0.25, 0.3) is 0 Å². The fraction of sp³-hybridized carbons (Fsp3) is 0.235. The Labute approximate surface area is 154 Å². The molecule has 3 aromatic rings. The van der Waals surface area contributed by atoms with Crippen molar-refractivity contribution in [3.63, 3.8) is 0 Å². The van der Waals surface area contributed by atoms with Crippen molar-refractivity contribution in [3.05, 3.63) is 59.8 Å². The number of ether oxygens (including phenoxy) is 1. The molecular weight excluding hydrogens is 390 g/mol. The van der Waals surface area contributed by atoms with Crippen LogP contribution in [0.2, 0.25) is 0 Å². The Hall–Kier alpha value is -3.11. The van der Waals surface area contributed by atoms with E-state index in [1.807, 2.05) is 0 Å². The fourth-order valence-electron chi connectivity index (χ4n) is 2.26. The first-order valence-corrected chi connectivity index (χ1v) is 7.90. The molecule has 0 aliphatic carbocycles. The maximum absolute atomic E-state index is 12.9. The summed E-state index contributed by atoms with van der Waals surface area (Å²) in [5.74, 6) is -0.341. The number of halogens is 6. The third-order valence-electron chi connectivity index (χ3n) is 3.67. The minimum Gasteiger partial charge on any atom is -0.439 e. The summed E-state index contributed by atoms with van der Waals surface area (Å²) in [4.78, 5) is 11.2. The van der Waals surface area contributed by atoms with E-state index in [-0.39, 0.29) is 17.6 Å². The van der Waals surface area contributed by atoms with Crippen molar-refractivity contribution in [1.82, 2.24) is 19.5 Å². The van der Waals surface area contributed by atoms with Gasteiger partial charge in [-0.2, -0.15) is 31.3 Å². The highest BCUT2D eigenvalue weighted by Gasteiger charge is 2.34. The average molecular weight is 402 g/mol. The van der Waals surface area contributed by atoms with Crippen LogP contribution in [0.25, 0.3) is 5.95 Å². The van der Waals surface area contributed by atoms with Gasteiger partial charge in [0.2, 0.25) is 11.8 Å². The molecule has 0 aliphatic heterocycles. The Morgan fingerprint density at radius 1 is 1.04 bits per heavy atom. The minimum absolute atomic E-state index is 0.0610. The van der Waals surface area contributed by atoms with Gasteiger partial charge in [-0.25, -0.2) is 9.97 Å². The zero-order chi connectivity index (χ0) is 20.5. The summed E-state index contributed by atoms with van der Waals surface area (Å²) in [6.07, 6.45) is -5.86. The number of hydrogen-bond acceptors (Lipinski definition) is 4. The number of aryl methyl sites for hydroxylation is 1. The zero-order valence-electron chi connectivity index (χ0n) is 14.2. The Morgan fingerprint density at radius 3 is 2.39 bits per heavy atom. The van der Waals surface area contributed by atoms with Crippen molar-refractivity contribution in [1.29, 1.82) is 0 Å². The summed E-state index contributed by atoms with van der Waals surface area (Å²) >= 11 is 0. The van der Waals surface area contributed by atoms with E-state index in [0.29, 0.717) is 18.2 Å². The van der Waals surface area contributed by atoms with Gasteiger partial charge in [-0.15, -0.1) is 0 Å². The third kappa shape index (κ3) is 4.24. The van der Waals surface area contributed by atoms with Crippen LogP contribution in [0.3, 0.4) is 0 Å². The van der Waals surface area contributed by atoms with Gasteiger partial charge in [0.1, 0.15) is 12.1 Å². The Balaban J connectivity index is 1.95. The van der Waals surface area contributed by atoms with E-state index in [9.17, 15) is 26.3 Å². The van der Waals surface area contributed by atoms with Crippen molar-refractivity contribution in [2.45, 2.75) is 25.7 Å². The van der Waals surface area contributed by atoms with Gasteiger partial charge in [0.05, 0.1) is 5.56 Å². The van der Waals surface area contributed by atoms with E-state index < -0.39 is 23.6 Å². The lowest BCUT2D eigenvalue weighted by Gasteiger charge is -2.12. The molecule has 2 aromatic heterocycles. The summed E-state index contributed by atoms with van der Waals surface area (Å²) in [7, 11) is 0. The standard InChI is InChI=1S/C17H12F6N4O/c1-2-10-7-24-15(27-8-13(25-9-27)17(21,22)23)26-14(10)28-12-5-3-4-11(6-12)16(18,19)20/h3-9H,2H2,1H3. The molecule has 0 aliphatic rings. The Bertz CT molecular complexity index is 980. The number of aromatic nitrogens is 4. The van der Waals surface area contributed by atoms with Crippen LogP contribution in [0.15, 0.2) is 43.0 Å². The molecule has 0 atom stereocenters. The predicted molar refractivity (Wildman–Crippen MR) is 85.1 cm³/mol. The zero-order valence-corrected chi connectivity index (χ0v) is 14.2. The molecule has 0 saturated carbocycles. The Morgan fingerprint density at radius 2 is 1.79 bits per heavy atom. The quantitative estimate of drug-likeness (QED) is 0.573. The van der Waals surface area contributed by atoms with Gasteiger partial charge in [0.15, 0.2) is 5.69 Å². The summed E-state index contributed by atoms with van der Waals surface area (Å²) in [6.45, 7) is 1.75. The normalized spacial score (nSPS) is 12.2. The van der Waals surface area contributed by atoms with Crippen LogP contribution in [0, 0.1) is 0 Å². The molecule has 0 amide bonds. The van der Waals surface area contributed by atoms with Crippen molar-refractivity contribution in [2.75, 3.05) is 0 Å². The van der Waals surface area contributed by atoms with E-state index in [4.69, 9.17) is 4.74 Å². The van der Waals surface area contributed by atoms with E-state index >= 15 is 0 Å². The molecular formula is C17H12F6N4O. The Kier molecular flexibility index (Phi) is 5.01. The van der Waals surface area contributed by atoms with Crippen LogP contribution in [-0.4, -0.2) is 19.5 Å². The number of alkyl halides is 6. The molecule has 0 unspecified atom stereocenters. The number of imidazole rings is 1. The first kappa shape index (κ1) is 19.6. The van der Waals surface area contributed by atoms with E-state index in [0.717, 1.165) is 23.0 Å². The second-order valence-corrected chi connectivity index (χ2v) is 5.65. The largest absolute Gasteiger partial charge is 0.439 e. The SMILES string of the molecule is CCc1cnc(-n2cnc(C(F)(F)F)c2)nc1Oc1cccc(C(F)(F)F)c1. The first-order valence-electron chi connectivity index (χ1n) is 7.90. The van der Waals surface area contributed by atoms with Crippen molar-refractivity contribution >= 4 is 0 Å². The second kappa shape index (κ2) is 7.13. The van der Waals surface area contributed by atoms with E-state index in [2.05, 4.69) is 15.0 Å². The monoisotopic (exact) mass is 402 g/mol. The average Bonchev–Trinajstić information content (AvgIpc) is 3.12. The number of rotatable bonds is 4.